The van der Waals surface area contributed by atoms with Crippen molar-refractivity contribution >= 4 is 5.91 Å². The van der Waals surface area contributed by atoms with Gasteiger partial charge in [0.25, 0.3) is 0 Å². The van der Waals surface area contributed by atoms with Crippen molar-refractivity contribution in [2.45, 2.75) is 50.6 Å². The van der Waals surface area contributed by atoms with Crippen molar-refractivity contribution in [3.8, 4) is 0 Å². The van der Waals surface area contributed by atoms with Crippen LogP contribution in [-0.2, 0) is 16.0 Å². The van der Waals surface area contributed by atoms with Crippen molar-refractivity contribution in [2.24, 2.45) is 5.41 Å². The van der Waals surface area contributed by atoms with Gasteiger partial charge in [-0.05, 0) is 44.2 Å². The second-order valence-electron chi connectivity index (χ2n) is 8.49. The lowest BCUT2D eigenvalue weighted by molar-refractivity contribution is -0.133. The number of aliphatic hydroxyl groups excluding tert-OH is 1. The molecule has 3 fully saturated rings. The molecule has 3 heterocycles. The molecule has 5 nitrogen and oxygen atoms in total. The van der Waals surface area contributed by atoms with E-state index in [1.54, 1.807) is 0 Å². The number of fused-ring (bicyclic) bond motifs is 2. The van der Waals surface area contributed by atoms with Crippen LogP contribution < -0.4 is 0 Å². The Morgan fingerprint density at radius 1 is 1.19 bits per heavy atom. The van der Waals surface area contributed by atoms with Gasteiger partial charge in [-0.15, -0.1) is 0 Å². The van der Waals surface area contributed by atoms with E-state index < -0.39 is 0 Å². The van der Waals surface area contributed by atoms with Crippen LogP contribution in [0, 0.1) is 5.41 Å². The maximum Gasteiger partial charge on any atom is 0.223 e. The van der Waals surface area contributed by atoms with Crippen LogP contribution in [0.3, 0.4) is 0 Å². The van der Waals surface area contributed by atoms with Crippen LogP contribution in [-0.4, -0.2) is 72.4 Å². The first kappa shape index (κ1) is 18.9. The Kier molecular flexibility index (Phi) is 5.81. The first-order chi connectivity index (χ1) is 13.2. The molecule has 2 bridgehead atoms. The highest BCUT2D eigenvalue weighted by Gasteiger charge is 2.56. The lowest BCUT2D eigenvalue weighted by atomic mass is 9.70. The van der Waals surface area contributed by atoms with Gasteiger partial charge in [0, 0.05) is 37.0 Å². The first-order valence-corrected chi connectivity index (χ1v) is 10.5. The molecule has 3 aliphatic rings. The minimum atomic E-state index is -0.163. The molecular weight excluding hydrogens is 340 g/mol. The van der Waals surface area contributed by atoms with E-state index in [0.717, 1.165) is 65.0 Å². The van der Waals surface area contributed by atoms with E-state index in [-0.39, 0.29) is 18.1 Å². The number of hydrogen-bond acceptors (Lipinski definition) is 4. The van der Waals surface area contributed by atoms with E-state index in [9.17, 15) is 9.90 Å². The fourth-order valence-electron chi connectivity index (χ4n) is 5.49. The molecule has 27 heavy (non-hydrogen) atoms. The summed E-state index contributed by atoms with van der Waals surface area (Å²) < 4.78 is 5.39. The summed E-state index contributed by atoms with van der Waals surface area (Å²) in [6.07, 6.45) is 5.47. The number of carbonyl (C=O) groups is 1. The minimum Gasteiger partial charge on any atom is -0.396 e. The van der Waals surface area contributed by atoms with Crippen LogP contribution in [0.15, 0.2) is 30.3 Å². The molecule has 0 aliphatic carbocycles. The molecule has 148 valence electrons. The zero-order valence-corrected chi connectivity index (χ0v) is 16.2. The summed E-state index contributed by atoms with van der Waals surface area (Å²) >= 11 is 0. The summed E-state index contributed by atoms with van der Waals surface area (Å²) in [5, 5.41) is 10.3. The molecule has 0 aromatic heterocycles. The van der Waals surface area contributed by atoms with Gasteiger partial charge >= 0.3 is 0 Å². The number of ether oxygens (including phenoxy) is 1. The van der Waals surface area contributed by atoms with E-state index >= 15 is 0 Å². The van der Waals surface area contributed by atoms with Crippen molar-refractivity contribution in [3.05, 3.63) is 35.9 Å². The number of amides is 1. The summed E-state index contributed by atoms with van der Waals surface area (Å²) in [5.41, 5.74) is 1.10. The Labute approximate surface area is 162 Å². The Hall–Kier alpha value is -1.43. The van der Waals surface area contributed by atoms with Crippen LogP contribution in [0.1, 0.15) is 37.7 Å². The highest BCUT2D eigenvalue weighted by Crippen LogP contribution is 2.51. The SMILES string of the molecule is O=C(CCCN1CCOCC1)N1[C@H]2CC[C@@H]1[C@@](CO)(Cc1ccccc1)C2. The van der Waals surface area contributed by atoms with Crippen molar-refractivity contribution < 1.29 is 14.6 Å². The summed E-state index contributed by atoms with van der Waals surface area (Å²) in [4.78, 5) is 17.5. The average Bonchev–Trinajstić information content (AvgIpc) is 3.26. The summed E-state index contributed by atoms with van der Waals surface area (Å²) in [5.74, 6) is 0.291. The molecule has 3 saturated heterocycles. The molecule has 1 N–H and O–H groups in total. The van der Waals surface area contributed by atoms with Crippen molar-refractivity contribution in [1.82, 2.24) is 9.80 Å². The largest absolute Gasteiger partial charge is 0.396 e. The number of nitrogens with zero attached hydrogens (tertiary/aromatic N) is 2. The number of aliphatic hydroxyl groups is 1. The maximum absolute atomic E-state index is 13.0. The summed E-state index contributed by atoms with van der Waals surface area (Å²) in [6.45, 7) is 4.72. The molecule has 1 amide bonds. The van der Waals surface area contributed by atoms with E-state index in [1.807, 2.05) is 6.07 Å². The molecule has 0 unspecified atom stereocenters. The Morgan fingerprint density at radius 2 is 1.96 bits per heavy atom. The number of carbonyl (C=O) groups excluding carboxylic acids is 1. The predicted octanol–water partition coefficient (Wildman–Crippen LogP) is 2.08. The van der Waals surface area contributed by atoms with Crippen LogP contribution in [0.2, 0.25) is 0 Å². The third kappa shape index (κ3) is 3.91. The fraction of sp³-hybridized carbons (Fsp3) is 0.682. The normalized spacial score (nSPS) is 30.8. The molecule has 3 atom stereocenters. The van der Waals surface area contributed by atoms with Gasteiger partial charge in [-0.25, -0.2) is 0 Å². The second kappa shape index (κ2) is 8.29. The molecule has 0 radical (unpaired) electrons. The quantitative estimate of drug-likeness (QED) is 0.796. The maximum atomic E-state index is 13.0. The van der Waals surface area contributed by atoms with E-state index in [0.29, 0.717) is 18.4 Å². The summed E-state index contributed by atoms with van der Waals surface area (Å²) in [7, 11) is 0. The Morgan fingerprint density at radius 3 is 2.70 bits per heavy atom. The van der Waals surface area contributed by atoms with Gasteiger partial charge in [0.2, 0.25) is 5.91 Å². The fourth-order valence-corrected chi connectivity index (χ4v) is 5.49. The van der Waals surface area contributed by atoms with Crippen molar-refractivity contribution in [3.63, 3.8) is 0 Å². The number of rotatable bonds is 7. The van der Waals surface area contributed by atoms with Crippen LogP contribution in [0.5, 0.6) is 0 Å². The highest BCUT2D eigenvalue weighted by atomic mass is 16.5. The topological polar surface area (TPSA) is 53.0 Å². The van der Waals surface area contributed by atoms with Gasteiger partial charge in [-0.1, -0.05) is 30.3 Å². The van der Waals surface area contributed by atoms with Gasteiger partial charge < -0.3 is 14.7 Å². The third-order valence-electron chi connectivity index (χ3n) is 6.82. The van der Waals surface area contributed by atoms with Gasteiger partial charge in [0.1, 0.15) is 0 Å². The average molecular weight is 373 g/mol. The predicted molar refractivity (Wildman–Crippen MR) is 104 cm³/mol. The molecule has 1 aromatic carbocycles. The van der Waals surface area contributed by atoms with Gasteiger partial charge in [-0.2, -0.15) is 0 Å². The number of hydrogen-bond donors (Lipinski definition) is 1. The third-order valence-corrected chi connectivity index (χ3v) is 6.82. The molecule has 4 rings (SSSR count). The molecule has 0 saturated carbocycles. The Bertz CT molecular complexity index is 632. The van der Waals surface area contributed by atoms with Crippen LogP contribution >= 0.6 is 0 Å². The molecule has 5 heteroatoms. The van der Waals surface area contributed by atoms with E-state index in [1.165, 1.54) is 5.56 Å². The lowest BCUT2D eigenvalue weighted by Crippen LogP contribution is -2.44. The first-order valence-electron chi connectivity index (χ1n) is 10.5. The molecule has 0 spiro atoms. The standard InChI is InChI=1S/C22H32N2O3/c25-17-22(15-18-5-2-1-3-6-18)16-19-8-9-20(22)24(19)21(26)7-4-10-23-11-13-27-14-12-23/h1-3,5-6,19-20,25H,4,7-17H2/t19-,20+,22-/m0/s1. The monoisotopic (exact) mass is 372 g/mol. The van der Waals surface area contributed by atoms with E-state index in [4.69, 9.17) is 4.74 Å². The lowest BCUT2D eigenvalue weighted by Gasteiger charge is -2.36. The van der Waals surface area contributed by atoms with Crippen molar-refractivity contribution in [2.75, 3.05) is 39.5 Å². The minimum absolute atomic E-state index is 0.163. The number of morpholine rings is 1. The van der Waals surface area contributed by atoms with Gasteiger partial charge in [-0.3, -0.25) is 9.69 Å². The highest BCUT2D eigenvalue weighted by molar-refractivity contribution is 5.78. The van der Waals surface area contributed by atoms with Crippen molar-refractivity contribution in [1.29, 1.82) is 0 Å². The van der Waals surface area contributed by atoms with Gasteiger partial charge in [0.05, 0.1) is 19.8 Å². The molecule has 3 aliphatic heterocycles. The van der Waals surface area contributed by atoms with Crippen LogP contribution in [0.4, 0.5) is 0 Å². The molecule has 1 aromatic rings. The smallest absolute Gasteiger partial charge is 0.223 e. The Balaban J connectivity index is 1.36. The second-order valence-corrected chi connectivity index (χ2v) is 8.49. The van der Waals surface area contributed by atoms with E-state index in [2.05, 4.69) is 34.1 Å². The number of benzene rings is 1. The molecular formula is C22H32N2O3. The zero-order valence-electron chi connectivity index (χ0n) is 16.2. The summed E-state index contributed by atoms with van der Waals surface area (Å²) in [6, 6.07) is 10.9. The zero-order chi connectivity index (χ0) is 18.7. The van der Waals surface area contributed by atoms with Gasteiger partial charge in [0.15, 0.2) is 0 Å². The van der Waals surface area contributed by atoms with Crippen LogP contribution in [0.25, 0.3) is 0 Å².